The van der Waals surface area contributed by atoms with E-state index in [1.807, 2.05) is 0 Å². The quantitative estimate of drug-likeness (QED) is 0.561. The van der Waals surface area contributed by atoms with Crippen LogP contribution in [0.25, 0.3) is 0 Å². The van der Waals surface area contributed by atoms with Crippen molar-refractivity contribution in [1.29, 1.82) is 0 Å². The molecule has 1 aromatic rings. The summed E-state index contributed by atoms with van der Waals surface area (Å²) in [5.41, 5.74) is 4.58. The minimum atomic E-state index is 0.616. The van der Waals surface area contributed by atoms with E-state index < -0.39 is 0 Å². The van der Waals surface area contributed by atoms with Gasteiger partial charge in [0.2, 0.25) is 0 Å². The van der Waals surface area contributed by atoms with Gasteiger partial charge in [-0.2, -0.15) is 0 Å². The van der Waals surface area contributed by atoms with Gasteiger partial charge < -0.3 is 0 Å². The smallest absolute Gasteiger partial charge is 0.0736 e. The Kier molecular flexibility index (Phi) is 3.66. The van der Waals surface area contributed by atoms with Gasteiger partial charge in [-0.25, -0.2) is 0 Å². The molecule has 0 atom stereocenters. The fourth-order valence-corrected chi connectivity index (χ4v) is 2.28. The molecule has 0 aromatic heterocycles. The van der Waals surface area contributed by atoms with Crippen molar-refractivity contribution in [3.8, 4) is 0 Å². The molecule has 82 valence electrons. The Morgan fingerprint density at radius 1 is 1.27 bits per heavy atom. The summed E-state index contributed by atoms with van der Waals surface area (Å²) in [7, 11) is 2.06. The first-order valence-corrected chi connectivity index (χ1v) is 6.18. The van der Waals surface area contributed by atoms with Crippen LogP contribution in [-0.2, 0) is 19.3 Å². The van der Waals surface area contributed by atoms with Gasteiger partial charge in [-0.1, -0.05) is 18.2 Å². The van der Waals surface area contributed by atoms with Gasteiger partial charge in [0.05, 0.1) is 6.00 Å². The van der Waals surface area contributed by atoms with Gasteiger partial charge in [-0.15, -0.1) is 11.6 Å². The molecule has 0 unspecified atom stereocenters. The molecule has 0 bridgehead atoms. The number of rotatable bonds is 4. The van der Waals surface area contributed by atoms with Gasteiger partial charge in [0, 0.05) is 6.54 Å². The summed E-state index contributed by atoms with van der Waals surface area (Å²) >= 11 is 5.74. The normalized spacial score (nSPS) is 14.6. The maximum Gasteiger partial charge on any atom is 0.0736 e. The molecule has 0 saturated carbocycles. The zero-order chi connectivity index (χ0) is 10.7. The van der Waals surface area contributed by atoms with E-state index in [4.69, 9.17) is 11.6 Å². The molecular weight excluding hydrogens is 206 g/mol. The molecule has 0 radical (unpaired) electrons. The third kappa shape index (κ3) is 2.73. The lowest BCUT2D eigenvalue weighted by atomic mass is 10.0. The number of likely N-dealkylation sites (N-methyl/N-ethyl adjacent to an activating group) is 1. The van der Waals surface area contributed by atoms with Crippen molar-refractivity contribution in [2.75, 3.05) is 19.6 Å². The van der Waals surface area contributed by atoms with Crippen LogP contribution in [0.4, 0.5) is 0 Å². The first-order valence-electron chi connectivity index (χ1n) is 5.65. The average molecular weight is 224 g/mol. The number of fused-ring (bicyclic) bond motifs is 1. The minimum Gasteiger partial charge on any atom is -0.293 e. The molecule has 0 N–H and O–H groups in total. The van der Waals surface area contributed by atoms with Crippen molar-refractivity contribution >= 4 is 11.6 Å². The number of aryl methyl sites for hydroxylation is 2. The highest BCUT2D eigenvalue weighted by molar-refractivity contribution is 6.17. The fraction of sp³-hybridized carbons (Fsp3) is 0.538. The van der Waals surface area contributed by atoms with Crippen molar-refractivity contribution in [1.82, 2.24) is 4.90 Å². The van der Waals surface area contributed by atoms with Crippen LogP contribution < -0.4 is 0 Å². The number of benzene rings is 1. The van der Waals surface area contributed by atoms with Crippen LogP contribution in [0.5, 0.6) is 0 Å². The van der Waals surface area contributed by atoms with Crippen LogP contribution in [0.15, 0.2) is 18.2 Å². The Hall–Kier alpha value is -0.530. The second kappa shape index (κ2) is 5.00. The van der Waals surface area contributed by atoms with E-state index in [1.54, 1.807) is 11.1 Å². The maximum atomic E-state index is 5.74. The van der Waals surface area contributed by atoms with E-state index in [0.717, 1.165) is 13.0 Å². The number of hydrogen-bond acceptors (Lipinski definition) is 1. The van der Waals surface area contributed by atoms with Crippen molar-refractivity contribution < 1.29 is 0 Å². The maximum absolute atomic E-state index is 5.74. The predicted molar refractivity (Wildman–Crippen MR) is 65.5 cm³/mol. The largest absolute Gasteiger partial charge is 0.293 e. The molecular formula is C13H18ClN. The summed E-state index contributed by atoms with van der Waals surface area (Å²) in [6.07, 6.45) is 4.99. The van der Waals surface area contributed by atoms with Crippen molar-refractivity contribution in [3.05, 3.63) is 34.9 Å². The Balaban J connectivity index is 1.98. The van der Waals surface area contributed by atoms with Crippen LogP contribution in [0, 0.1) is 0 Å². The molecule has 0 saturated heterocycles. The van der Waals surface area contributed by atoms with Gasteiger partial charge in [0.1, 0.15) is 0 Å². The monoisotopic (exact) mass is 223 g/mol. The van der Waals surface area contributed by atoms with Gasteiger partial charge in [0.15, 0.2) is 0 Å². The van der Waals surface area contributed by atoms with Crippen LogP contribution in [0.3, 0.4) is 0 Å². The summed E-state index contributed by atoms with van der Waals surface area (Å²) in [6, 6.07) is 7.57. The third-order valence-electron chi connectivity index (χ3n) is 3.15. The molecule has 1 aliphatic rings. The number of nitrogens with zero attached hydrogens (tertiary/aromatic N) is 1. The molecule has 0 spiro atoms. The SMILES string of the molecule is CN(CCl)CCc1ccc2c(c1)CCC2. The fourth-order valence-electron chi connectivity index (χ4n) is 2.16. The Bertz CT molecular complexity index is 335. The Morgan fingerprint density at radius 2 is 2.07 bits per heavy atom. The molecule has 0 fully saturated rings. The lowest BCUT2D eigenvalue weighted by Crippen LogP contribution is -2.19. The molecule has 0 aliphatic heterocycles. The molecule has 2 rings (SSSR count). The average Bonchev–Trinajstić information content (AvgIpc) is 2.72. The van der Waals surface area contributed by atoms with E-state index in [1.165, 1.54) is 24.8 Å². The zero-order valence-electron chi connectivity index (χ0n) is 9.30. The molecule has 0 heterocycles. The highest BCUT2D eigenvalue weighted by Crippen LogP contribution is 2.22. The second-order valence-corrected chi connectivity index (χ2v) is 4.64. The predicted octanol–water partition coefficient (Wildman–Crippen LogP) is 2.85. The third-order valence-corrected chi connectivity index (χ3v) is 3.56. The van der Waals surface area contributed by atoms with E-state index in [2.05, 4.69) is 30.1 Å². The summed E-state index contributed by atoms with van der Waals surface area (Å²) < 4.78 is 0. The van der Waals surface area contributed by atoms with Gasteiger partial charge in [0.25, 0.3) is 0 Å². The lowest BCUT2D eigenvalue weighted by molar-refractivity contribution is 0.394. The molecule has 1 aliphatic carbocycles. The van der Waals surface area contributed by atoms with E-state index in [0.29, 0.717) is 6.00 Å². The lowest BCUT2D eigenvalue weighted by Gasteiger charge is -2.12. The number of hydrogen-bond donors (Lipinski definition) is 0. The van der Waals surface area contributed by atoms with E-state index in [9.17, 15) is 0 Å². The summed E-state index contributed by atoms with van der Waals surface area (Å²) in [4.78, 5) is 2.13. The summed E-state index contributed by atoms with van der Waals surface area (Å²) in [6.45, 7) is 1.04. The van der Waals surface area contributed by atoms with Crippen LogP contribution in [0.2, 0.25) is 0 Å². The second-order valence-electron chi connectivity index (χ2n) is 4.41. The van der Waals surface area contributed by atoms with E-state index in [-0.39, 0.29) is 0 Å². The number of alkyl halides is 1. The zero-order valence-corrected chi connectivity index (χ0v) is 10.1. The highest BCUT2D eigenvalue weighted by Gasteiger charge is 2.10. The van der Waals surface area contributed by atoms with Crippen LogP contribution in [-0.4, -0.2) is 24.5 Å². The molecule has 2 heteroatoms. The molecule has 0 amide bonds. The van der Waals surface area contributed by atoms with Crippen LogP contribution >= 0.6 is 11.6 Å². The van der Waals surface area contributed by atoms with Crippen molar-refractivity contribution in [2.45, 2.75) is 25.7 Å². The first kappa shape index (κ1) is 11.0. The summed E-state index contributed by atoms with van der Waals surface area (Å²) in [5.74, 6) is 0. The van der Waals surface area contributed by atoms with E-state index >= 15 is 0 Å². The molecule has 15 heavy (non-hydrogen) atoms. The Morgan fingerprint density at radius 3 is 2.87 bits per heavy atom. The first-order chi connectivity index (χ1) is 7.29. The van der Waals surface area contributed by atoms with Gasteiger partial charge >= 0.3 is 0 Å². The summed E-state index contributed by atoms with van der Waals surface area (Å²) in [5, 5.41) is 0. The topological polar surface area (TPSA) is 3.24 Å². The Labute approximate surface area is 97.0 Å². The van der Waals surface area contributed by atoms with Gasteiger partial charge in [-0.05, 0) is 49.4 Å². The van der Waals surface area contributed by atoms with Crippen LogP contribution in [0.1, 0.15) is 23.1 Å². The number of halogens is 1. The van der Waals surface area contributed by atoms with Gasteiger partial charge in [-0.3, -0.25) is 4.90 Å². The molecule has 1 aromatic carbocycles. The van der Waals surface area contributed by atoms with Crippen molar-refractivity contribution in [2.24, 2.45) is 0 Å². The standard InChI is InChI=1S/C13H18ClN/c1-15(10-14)8-7-11-5-6-12-3-2-4-13(12)9-11/h5-6,9H,2-4,7-8,10H2,1H3. The minimum absolute atomic E-state index is 0.616. The highest BCUT2D eigenvalue weighted by atomic mass is 35.5. The van der Waals surface area contributed by atoms with Crippen molar-refractivity contribution in [3.63, 3.8) is 0 Å². The molecule has 1 nitrogen and oxygen atoms in total.